The van der Waals surface area contributed by atoms with E-state index in [9.17, 15) is 23.3 Å². The normalized spacial score (nSPS) is 11.1. The minimum absolute atomic E-state index is 0.0734. The highest BCUT2D eigenvalue weighted by Crippen LogP contribution is 2.27. The van der Waals surface area contributed by atoms with E-state index in [1.54, 1.807) is 0 Å². The highest BCUT2D eigenvalue weighted by molar-refractivity contribution is 7.89. The van der Waals surface area contributed by atoms with Crippen LogP contribution in [0.2, 0.25) is 0 Å². The Balaban J connectivity index is 2.91. The SMILES string of the molecule is NS(=O)(=O)c1ccc(NCCCC(=O)O)c([N+](=O)[O-])c1. The minimum atomic E-state index is -4.02. The van der Waals surface area contributed by atoms with Gasteiger partial charge < -0.3 is 10.4 Å². The van der Waals surface area contributed by atoms with Gasteiger partial charge >= 0.3 is 5.97 Å². The largest absolute Gasteiger partial charge is 0.481 e. The van der Waals surface area contributed by atoms with Crippen molar-refractivity contribution in [3.8, 4) is 0 Å². The number of hydrogen-bond donors (Lipinski definition) is 3. The van der Waals surface area contributed by atoms with Crippen molar-refractivity contribution in [2.45, 2.75) is 17.7 Å². The maximum Gasteiger partial charge on any atom is 0.303 e. The van der Waals surface area contributed by atoms with E-state index in [4.69, 9.17) is 10.2 Å². The lowest BCUT2D eigenvalue weighted by molar-refractivity contribution is -0.384. The number of carbonyl (C=O) groups is 1. The molecule has 0 amide bonds. The van der Waals surface area contributed by atoms with Gasteiger partial charge in [-0.15, -0.1) is 0 Å². The van der Waals surface area contributed by atoms with E-state index >= 15 is 0 Å². The van der Waals surface area contributed by atoms with Crippen LogP contribution < -0.4 is 10.5 Å². The van der Waals surface area contributed by atoms with Crippen LogP contribution in [0.25, 0.3) is 0 Å². The summed E-state index contributed by atoms with van der Waals surface area (Å²) >= 11 is 0. The number of anilines is 1. The molecule has 1 aromatic rings. The van der Waals surface area contributed by atoms with E-state index in [0.717, 1.165) is 12.1 Å². The molecule has 0 saturated heterocycles. The molecule has 0 spiro atoms. The number of aliphatic carboxylic acids is 1. The number of nitrogens with zero attached hydrogens (tertiary/aromatic N) is 1. The van der Waals surface area contributed by atoms with Gasteiger partial charge in [0, 0.05) is 19.0 Å². The van der Waals surface area contributed by atoms with Gasteiger partial charge in [0.2, 0.25) is 10.0 Å². The average Bonchev–Trinajstić information content (AvgIpc) is 2.33. The Morgan fingerprint density at radius 3 is 2.60 bits per heavy atom. The quantitative estimate of drug-likeness (QED) is 0.377. The molecule has 0 bridgehead atoms. The fourth-order valence-corrected chi connectivity index (χ4v) is 1.99. The molecular weight excluding hydrogens is 290 g/mol. The molecule has 9 nitrogen and oxygen atoms in total. The number of sulfonamides is 1. The zero-order valence-electron chi connectivity index (χ0n) is 10.3. The molecule has 0 radical (unpaired) electrons. The van der Waals surface area contributed by atoms with Crippen molar-refractivity contribution in [2.24, 2.45) is 5.14 Å². The standard InChI is InChI=1S/C10H13N3O6S/c11-20(18,19)7-3-4-8(9(6-7)13(16)17)12-5-1-2-10(14)15/h3-4,6,12H,1-2,5H2,(H,14,15)(H2,11,18,19). The minimum Gasteiger partial charge on any atom is -0.481 e. The van der Waals surface area contributed by atoms with Crippen molar-refractivity contribution in [3.63, 3.8) is 0 Å². The van der Waals surface area contributed by atoms with Crippen LogP contribution >= 0.6 is 0 Å². The Morgan fingerprint density at radius 1 is 1.45 bits per heavy atom. The van der Waals surface area contributed by atoms with E-state index < -0.39 is 26.6 Å². The topological polar surface area (TPSA) is 153 Å². The van der Waals surface area contributed by atoms with Crippen molar-refractivity contribution in [3.05, 3.63) is 28.3 Å². The molecule has 10 heteroatoms. The average molecular weight is 303 g/mol. The molecule has 0 aliphatic carbocycles. The molecular formula is C10H13N3O6S. The van der Waals surface area contributed by atoms with Gasteiger partial charge in [-0.05, 0) is 18.6 Å². The van der Waals surface area contributed by atoms with Crippen LogP contribution in [0.4, 0.5) is 11.4 Å². The Morgan fingerprint density at radius 2 is 2.10 bits per heavy atom. The number of hydrogen-bond acceptors (Lipinski definition) is 6. The summed E-state index contributed by atoms with van der Waals surface area (Å²) in [5.41, 5.74) is -0.334. The van der Waals surface area contributed by atoms with Crippen LogP contribution in [-0.2, 0) is 14.8 Å². The smallest absolute Gasteiger partial charge is 0.303 e. The number of carboxylic acid groups (broad SMARTS) is 1. The molecule has 0 saturated carbocycles. The molecule has 0 aromatic heterocycles. The predicted octanol–water partition coefficient (Wildman–Crippen LogP) is 0.519. The van der Waals surface area contributed by atoms with Gasteiger partial charge in [-0.25, -0.2) is 13.6 Å². The van der Waals surface area contributed by atoms with Gasteiger partial charge in [0.25, 0.3) is 5.69 Å². The van der Waals surface area contributed by atoms with Crippen molar-refractivity contribution in [1.29, 1.82) is 0 Å². The number of nitro benzene ring substituents is 1. The lowest BCUT2D eigenvalue weighted by Gasteiger charge is -2.07. The summed E-state index contributed by atoms with van der Waals surface area (Å²) < 4.78 is 22.2. The predicted molar refractivity (Wildman–Crippen MR) is 69.8 cm³/mol. The lowest BCUT2D eigenvalue weighted by atomic mass is 10.2. The first-order chi connectivity index (χ1) is 9.21. The van der Waals surface area contributed by atoms with Crippen LogP contribution in [0.1, 0.15) is 12.8 Å². The Labute approximate surface area is 114 Å². The fraction of sp³-hybridized carbons (Fsp3) is 0.300. The Bertz CT molecular complexity index is 628. The highest BCUT2D eigenvalue weighted by Gasteiger charge is 2.18. The van der Waals surface area contributed by atoms with Gasteiger partial charge in [0.05, 0.1) is 9.82 Å². The molecule has 0 aliphatic heterocycles. The third kappa shape index (κ3) is 4.48. The maximum absolute atomic E-state index is 11.1. The molecule has 110 valence electrons. The first-order valence-corrected chi connectivity index (χ1v) is 7.03. The third-order valence-electron chi connectivity index (χ3n) is 2.38. The Hall–Kier alpha value is -2.20. The maximum atomic E-state index is 11.1. The van der Waals surface area contributed by atoms with E-state index in [2.05, 4.69) is 5.32 Å². The monoisotopic (exact) mass is 303 g/mol. The zero-order valence-corrected chi connectivity index (χ0v) is 11.1. The van der Waals surface area contributed by atoms with Gasteiger partial charge in [0.15, 0.2) is 0 Å². The van der Waals surface area contributed by atoms with Crippen LogP contribution in [0, 0.1) is 10.1 Å². The van der Waals surface area contributed by atoms with Crippen molar-refractivity contribution in [1.82, 2.24) is 0 Å². The van der Waals surface area contributed by atoms with Crippen LogP contribution in [0.15, 0.2) is 23.1 Å². The number of nitrogens with two attached hydrogens (primary N) is 1. The Kier molecular flexibility index (Phi) is 5.00. The van der Waals surface area contributed by atoms with E-state index in [1.807, 2.05) is 0 Å². The molecule has 0 fully saturated rings. The van der Waals surface area contributed by atoms with Crippen molar-refractivity contribution < 1.29 is 23.2 Å². The molecule has 0 heterocycles. The summed E-state index contributed by atoms with van der Waals surface area (Å²) in [4.78, 5) is 20.1. The number of primary sulfonamides is 1. The first-order valence-electron chi connectivity index (χ1n) is 5.48. The molecule has 4 N–H and O–H groups in total. The second kappa shape index (κ2) is 6.30. The number of nitro groups is 1. The summed E-state index contributed by atoms with van der Waals surface area (Å²) in [6.07, 6.45) is 0.208. The highest BCUT2D eigenvalue weighted by atomic mass is 32.2. The summed E-state index contributed by atoms with van der Waals surface area (Å²) in [5.74, 6) is -0.967. The van der Waals surface area contributed by atoms with Crippen molar-refractivity contribution >= 4 is 27.4 Å². The molecule has 1 rings (SSSR count). The zero-order chi connectivity index (χ0) is 15.3. The van der Waals surface area contributed by atoms with Crippen LogP contribution in [0.3, 0.4) is 0 Å². The third-order valence-corrected chi connectivity index (χ3v) is 3.29. The lowest BCUT2D eigenvalue weighted by Crippen LogP contribution is -2.13. The summed E-state index contributed by atoms with van der Waals surface area (Å²) in [7, 11) is -4.02. The number of benzene rings is 1. The van der Waals surface area contributed by atoms with Gasteiger partial charge in [0.1, 0.15) is 5.69 Å². The molecule has 20 heavy (non-hydrogen) atoms. The molecule has 0 atom stereocenters. The summed E-state index contributed by atoms with van der Waals surface area (Å²) in [5, 5.41) is 26.9. The second-order valence-corrected chi connectivity index (χ2v) is 5.47. The summed E-state index contributed by atoms with van der Waals surface area (Å²) in [6.45, 7) is 0.210. The van der Waals surface area contributed by atoms with Crippen LogP contribution in [0.5, 0.6) is 0 Å². The fourth-order valence-electron chi connectivity index (χ4n) is 1.45. The van der Waals surface area contributed by atoms with Crippen molar-refractivity contribution in [2.75, 3.05) is 11.9 Å². The number of nitrogens with one attached hydrogen (secondary N) is 1. The van der Waals surface area contributed by atoms with Gasteiger partial charge in [-0.2, -0.15) is 0 Å². The molecule has 0 unspecified atom stereocenters. The van der Waals surface area contributed by atoms with E-state index in [0.29, 0.717) is 0 Å². The number of rotatable bonds is 7. The van der Waals surface area contributed by atoms with E-state index in [1.165, 1.54) is 6.07 Å². The second-order valence-electron chi connectivity index (χ2n) is 3.91. The number of carboxylic acids is 1. The summed E-state index contributed by atoms with van der Waals surface area (Å²) in [6, 6.07) is 3.22. The first kappa shape index (κ1) is 15.9. The van der Waals surface area contributed by atoms with E-state index in [-0.39, 0.29) is 30.0 Å². The molecule has 1 aromatic carbocycles. The van der Waals surface area contributed by atoms with Crippen LogP contribution in [-0.4, -0.2) is 31.0 Å². The molecule has 0 aliphatic rings. The van der Waals surface area contributed by atoms with Gasteiger partial charge in [-0.1, -0.05) is 0 Å². The van der Waals surface area contributed by atoms with Gasteiger partial charge in [-0.3, -0.25) is 14.9 Å².